The van der Waals surface area contributed by atoms with Crippen molar-refractivity contribution in [3.05, 3.63) is 33.9 Å². The minimum Gasteiger partial charge on any atom is -0.507 e. The van der Waals surface area contributed by atoms with Crippen LogP contribution in [-0.2, 0) is 4.79 Å². The molecule has 0 spiro atoms. The Labute approximate surface area is 125 Å². The number of aliphatic imine (C=N–C) groups is 1. The summed E-state index contributed by atoms with van der Waals surface area (Å²) in [5.74, 6) is 0.963. The second-order valence-corrected chi connectivity index (χ2v) is 5.94. The molecule has 2 aliphatic rings. The number of nitrogens with zero attached hydrogens (tertiary/aromatic N) is 2. The van der Waals surface area contributed by atoms with Crippen LogP contribution >= 0.6 is 15.9 Å². The van der Waals surface area contributed by atoms with Crippen LogP contribution in [0.4, 0.5) is 0 Å². The SMILES string of the molecule is O=C1C(=Cc2cc(Br)ccc2O)N=C2CCCCCN12. The topological polar surface area (TPSA) is 52.9 Å². The Hall–Kier alpha value is -1.62. The van der Waals surface area contributed by atoms with Crippen molar-refractivity contribution in [1.82, 2.24) is 4.90 Å². The Morgan fingerprint density at radius 2 is 2.15 bits per heavy atom. The number of hydrogen-bond donors (Lipinski definition) is 1. The molecule has 1 fully saturated rings. The van der Waals surface area contributed by atoms with E-state index in [0.29, 0.717) is 11.3 Å². The Bertz CT molecular complexity index is 622. The van der Waals surface area contributed by atoms with E-state index in [1.807, 2.05) is 0 Å². The highest BCUT2D eigenvalue weighted by molar-refractivity contribution is 9.10. The van der Waals surface area contributed by atoms with Crippen molar-refractivity contribution in [2.75, 3.05) is 6.54 Å². The summed E-state index contributed by atoms with van der Waals surface area (Å²) < 4.78 is 0.856. The summed E-state index contributed by atoms with van der Waals surface area (Å²) in [4.78, 5) is 18.6. The van der Waals surface area contributed by atoms with Gasteiger partial charge in [0, 0.05) is 23.0 Å². The predicted octanol–water partition coefficient (Wildman–Crippen LogP) is 3.31. The second kappa shape index (κ2) is 5.40. The monoisotopic (exact) mass is 334 g/mol. The van der Waals surface area contributed by atoms with Crippen LogP contribution in [0.2, 0.25) is 0 Å². The molecule has 1 amide bonds. The zero-order chi connectivity index (χ0) is 14.1. The van der Waals surface area contributed by atoms with Gasteiger partial charge in [-0.3, -0.25) is 9.69 Å². The molecule has 1 N–H and O–H groups in total. The summed E-state index contributed by atoms with van der Waals surface area (Å²) in [6.07, 6.45) is 5.77. The molecule has 1 aromatic rings. The summed E-state index contributed by atoms with van der Waals surface area (Å²) in [6.45, 7) is 0.749. The summed E-state index contributed by atoms with van der Waals surface area (Å²) in [5.41, 5.74) is 1.01. The zero-order valence-corrected chi connectivity index (χ0v) is 12.6. The fraction of sp³-hybridized carbons (Fsp3) is 0.333. The number of carbonyl (C=O) groups is 1. The fourth-order valence-corrected chi connectivity index (χ4v) is 2.92. The van der Waals surface area contributed by atoms with Gasteiger partial charge in [0.15, 0.2) is 0 Å². The number of benzene rings is 1. The van der Waals surface area contributed by atoms with E-state index < -0.39 is 0 Å². The van der Waals surface area contributed by atoms with E-state index in [9.17, 15) is 9.90 Å². The normalized spacial score (nSPS) is 20.9. The third-order valence-electron chi connectivity index (χ3n) is 3.59. The van der Waals surface area contributed by atoms with Gasteiger partial charge in [0.05, 0.1) is 0 Å². The highest BCUT2D eigenvalue weighted by Gasteiger charge is 2.30. The maximum atomic E-state index is 12.3. The first-order chi connectivity index (χ1) is 9.65. The number of aromatic hydroxyl groups is 1. The van der Waals surface area contributed by atoms with Crippen LogP contribution in [0.1, 0.15) is 31.2 Å². The van der Waals surface area contributed by atoms with Gasteiger partial charge in [-0.05, 0) is 37.1 Å². The van der Waals surface area contributed by atoms with Crippen LogP contribution in [0.25, 0.3) is 6.08 Å². The minimum atomic E-state index is -0.0544. The largest absolute Gasteiger partial charge is 0.507 e. The number of carbonyl (C=O) groups excluding carboxylic acids is 1. The quantitative estimate of drug-likeness (QED) is 0.801. The highest BCUT2D eigenvalue weighted by Crippen LogP contribution is 2.28. The van der Waals surface area contributed by atoms with Crippen LogP contribution in [0.3, 0.4) is 0 Å². The molecule has 5 heteroatoms. The number of amides is 1. The number of rotatable bonds is 1. The molecular formula is C15H15BrN2O2. The fourth-order valence-electron chi connectivity index (χ4n) is 2.54. The lowest BCUT2D eigenvalue weighted by atomic mass is 10.1. The van der Waals surface area contributed by atoms with Gasteiger partial charge in [0.1, 0.15) is 17.3 Å². The van der Waals surface area contributed by atoms with Gasteiger partial charge in [0.2, 0.25) is 0 Å². The van der Waals surface area contributed by atoms with Gasteiger partial charge in [-0.2, -0.15) is 0 Å². The Morgan fingerprint density at radius 3 is 3.00 bits per heavy atom. The predicted molar refractivity (Wildman–Crippen MR) is 81.4 cm³/mol. The Kier molecular flexibility index (Phi) is 3.61. The van der Waals surface area contributed by atoms with Crippen LogP contribution in [-0.4, -0.2) is 28.3 Å². The first-order valence-electron chi connectivity index (χ1n) is 6.75. The number of halogens is 1. The molecule has 0 saturated carbocycles. The summed E-state index contributed by atoms with van der Waals surface area (Å²) in [6, 6.07) is 5.13. The number of amidine groups is 1. The second-order valence-electron chi connectivity index (χ2n) is 5.03. The first kappa shape index (κ1) is 13.4. The first-order valence-corrected chi connectivity index (χ1v) is 7.54. The third-order valence-corrected chi connectivity index (χ3v) is 4.08. The van der Waals surface area contributed by atoms with Crippen LogP contribution in [0, 0.1) is 0 Å². The molecular weight excluding hydrogens is 320 g/mol. The standard InChI is InChI=1S/C15H15BrN2O2/c16-11-5-6-13(19)10(8-11)9-12-15(20)18-7-3-1-2-4-14(18)17-12/h5-6,8-9,19H,1-4,7H2. The third kappa shape index (κ3) is 2.50. The molecule has 1 aromatic carbocycles. The summed E-state index contributed by atoms with van der Waals surface area (Å²) in [5, 5.41) is 9.85. The lowest BCUT2D eigenvalue weighted by Crippen LogP contribution is -2.31. The average molecular weight is 335 g/mol. The molecule has 2 aliphatic heterocycles. The lowest BCUT2D eigenvalue weighted by molar-refractivity contribution is -0.122. The van der Waals surface area contributed by atoms with E-state index in [1.165, 1.54) is 0 Å². The maximum Gasteiger partial charge on any atom is 0.277 e. The van der Waals surface area contributed by atoms with Crippen molar-refractivity contribution in [3.8, 4) is 5.75 Å². The van der Waals surface area contributed by atoms with Crippen LogP contribution in [0.5, 0.6) is 5.75 Å². The molecule has 0 radical (unpaired) electrons. The number of hydrogen-bond acceptors (Lipinski definition) is 3. The van der Waals surface area contributed by atoms with E-state index in [0.717, 1.165) is 42.5 Å². The highest BCUT2D eigenvalue weighted by atomic mass is 79.9. The van der Waals surface area contributed by atoms with E-state index in [2.05, 4.69) is 20.9 Å². The van der Waals surface area contributed by atoms with Gasteiger partial charge in [-0.15, -0.1) is 0 Å². The van der Waals surface area contributed by atoms with Gasteiger partial charge < -0.3 is 5.11 Å². The molecule has 0 aromatic heterocycles. The lowest BCUT2D eigenvalue weighted by Gasteiger charge is -2.14. The van der Waals surface area contributed by atoms with Crippen molar-refractivity contribution >= 4 is 33.7 Å². The average Bonchev–Trinajstić information content (AvgIpc) is 2.62. The van der Waals surface area contributed by atoms with Crippen molar-refractivity contribution in [2.24, 2.45) is 4.99 Å². The molecule has 3 rings (SSSR count). The van der Waals surface area contributed by atoms with Gasteiger partial charge >= 0.3 is 0 Å². The molecule has 104 valence electrons. The number of phenolic OH excluding ortho intramolecular Hbond substituents is 1. The molecule has 0 aliphatic carbocycles. The smallest absolute Gasteiger partial charge is 0.277 e. The Balaban J connectivity index is 1.96. The van der Waals surface area contributed by atoms with Crippen molar-refractivity contribution < 1.29 is 9.90 Å². The van der Waals surface area contributed by atoms with Crippen LogP contribution in [0.15, 0.2) is 33.4 Å². The summed E-state index contributed by atoms with van der Waals surface area (Å²) >= 11 is 3.36. The maximum absolute atomic E-state index is 12.3. The number of fused-ring (bicyclic) bond motifs is 1. The van der Waals surface area contributed by atoms with Crippen LogP contribution < -0.4 is 0 Å². The molecule has 0 atom stereocenters. The minimum absolute atomic E-state index is 0.0544. The summed E-state index contributed by atoms with van der Waals surface area (Å²) in [7, 11) is 0. The zero-order valence-electron chi connectivity index (χ0n) is 11.0. The number of phenols is 1. The molecule has 1 saturated heterocycles. The van der Waals surface area contributed by atoms with E-state index in [1.54, 1.807) is 29.2 Å². The molecule has 2 heterocycles. The van der Waals surface area contributed by atoms with Crippen molar-refractivity contribution in [3.63, 3.8) is 0 Å². The molecule has 20 heavy (non-hydrogen) atoms. The van der Waals surface area contributed by atoms with Gasteiger partial charge in [0.25, 0.3) is 5.91 Å². The van der Waals surface area contributed by atoms with E-state index >= 15 is 0 Å². The van der Waals surface area contributed by atoms with E-state index in [4.69, 9.17) is 0 Å². The van der Waals surface area contributed by atoms with Crippen molar-refractivity contribution in [1.29, 1.82) is 0 Å². The Morgan fingerprint density at radius 1 is 1.30 bits per heavy atom. The van der Waals surface area contributed by atoms with Gasteiger partial charge in [-0.25, -0.2) is 4.99 Å². The van der Waals surface area contributed by atoms with Gasteiger partial charge in [-0.1, -0.05) is 22.4 Å². The molecule has 0 unspecified atom stereocenters. The molecule has 4 nitrogen and oxygen atoms in total. The van der Waals surface area contributed by atoms with Crippen molar-refractivity contribution in [2.45, 2.75) is 25.7 Å². The van der Waals surface area contributed by atoms with E-state index in [-0.39, 0.29) is 11.7 Å². The molecule has 0 bridgehead atoms.